The third-order valence-corrected chi connectivity index (χ3v) is 4.00. The summed E-state index contributed by atoms with van der Waals surface area (Å²) in [7, 11) is -3.98. The summed E-state index contributed by atoms with van der Waals surface area (Å²) in [4.78, 5) is -0.352. The highest BCUT2D eigenvalue weighted by Gasteiger charge is 2.16. The Labute approximate surface area is 115 Å². The van der Waals surface area contributed by atoms with Crippen molar-refractivity contribution >= 4 is 15.7 Å². The Hall–Kier alpha value is -1.99. The summed E-state index contributed by atoms with van der Waals surface area (Å²) < 4.78 is 52.2. The zero-order valence-electron chi connectivity index (χ0n) is 10.3. The number of benzene rings is 2. The normalized spacial score (nSPS) is 11.3. The number of hydrogen-bond donors (Lipinski definition) is 2. The van der Waals surface area contributed by atoms with Crippen molar-refractivity contribution < 1.29 is 17.2 Å². The molecular formula is C13H12F2N2O2S. The monoisotopic (exact) mass is 298 g/mol. The van der Waals surface area contributed by atoms with Crippen LogP contribution in [0.2, 0.25) is 0 Å². The van der Waals surface area contributed by atoms with E-state index in [2.05, 4.69) is 4.72 Å². The Balaban J connectivity index is 2.32. The van der Waals surface area contributed by atoms with E-state index in [0.717, 1.165) is 17.7 Å². The van der Waals surface area contributed by atoms with Crippen LogP contribution in [0.3, 0.4) is 0 Å². The van der Waals surface area contributed by atoms with Gasteiger partial charge in [0.1, 0.15) is 0 Å². The Bertz CT molecular complexity index is 733. The van der Waals surface area contributed by atoms with Gasteiger partial charge in [-0.3, -0.25) is 4.72 Å². The van der Waals surface area contributed by atoms with Gasteiger partial charge in [-0.05, 0) is 35.9 Å². The maximum absolute atomic E-state index is 13.1. The smallest absolute Gasteiger partial charge is 0.261 e. The zero-order valence-corrected chi connectivity index (χ0v) is 11.1. The third kappa shape index (κ3) is 3.12. The average Bonchev–Trinajstić information content (AvgIpc) is 2.41. The summed E-state index contributed by atoms with van der Waals surface area (Å²) in [6.07, 6.45) is 0. The van der Waals surface area contributed by atoms with Crippen molar-refractivity contribution in [2.45, 2.75) is 11.4 Å². The second-order valence-corrected chi connectivity index (χ2v) is 5.77. The van der Waals surface area contributed by atoms with Gasteiger partial charge in [-0.15, -0.1) is 0 Å². The molecule has 2 aromatic carbocycles. The number of hydrogen-bond acceptors (Lipinski definition) is 3. The van der Waals surface area contributed by atoms with Gasteiger partial charge in [0.2, 0.25) is 0 Å². The van der Waals surface area contributed by atoms with E-state index in [0.29, 0.717) is 11.8 Å². The fourth-order valence-corrected chi connectivity index (χ4v) is 2.68. The number of anilines is 1. The number of nitrogens with two attached hydrogens (primary N) is 1. The zero-order chi connectivity index (χ0) is 14.8. The molecular weight excluding hydrogens is 286 g/mol. The lowest BCUT2D eigenvalue weighted by Gasteiger charge is -2.09. The first-order chi connectivity index (χ1) is 9.42. The molecule has 20 heavy (non-hydrogen) atoms. The molecule has 2 rings (SSSR count). The first-order valence-electron chi connectivity index (χ1n) is 5.69. The van der Waals surface area contributed by atoms with Crippen molar-refractivity contribution in [3.8, 4) is 0 Å². The van der Waals surface area contributed by atoms with E-state index in [1.807, 2.05) is 0 Å². The van der Waals surface area contributed by atoms with E-state index >= 15 is 0 Å². The molecule has 0 saturated carbocycles. The van der Waals surface area contributed by atoms with E-state index in [1.165, 1.54) is 6.07 Å². The van der Waals surface area contributed by atoms with E-state index in [9.17, 15) is 17.2 Å². The van der Waals surface area contributed by atoms with Gasteiger partial charge in [0, 0.05) is 12.2 Å². The van der Waals surface area contributed by atoms with Crippen molar-refractivity contribution in [3.63, 3.8) is 0 Å². The molecule has 106 valence electrons. The molecule has 0 unspecified atom stereocenters. The van der Waals surface area contributed by atoms with Crippen LogP contribution in [0.25, 0.3) is 0 Å². The molecule has 0 atom stereocenters. The second kappa shape index (κ2) is 5.56. The number of halogens is 2. The fraction of sp³-hybridized carbons (Fsp3) is 0.0769. The molecule has 0 saturated heterocycles. The van der Waals surface area contributed by atoms with Gasteiger partial charge in [-0.1, -0.05) is 12.1 Å². The minimum Gasteiger partial charge on any atom is -0.326 e. The van der Waals surface area contributed by atoms with Crippen LogP contribution in [0, 0.1) is 11.6 Å². The van der Waals surface area contributed by atoms with Crippen LogP contribution < -0.4 is 10.5 Å². The van der Waals surface area contributed by atoms with Gasteiger partial charge >= 0.3 is 0 Å². The third-order valence-electron chi connectivity index (χ3n) is 2.62. The molecule has 0 aromatic heterocycles. The van der Waals surface area contributed by atoms with Crippen LogP contribution >= 0.6 is 0 Å². The van der Waals surface area contributed by atoms with Crippen LogP contribution in [-0.2, 0) is 16.6 Å². The summed E-state index contributed by atoms with van der Waals surface area (Å²) in [6.45, 7) is 0.265. The lowest BCUT2D eigenvalue weighted by Crippen LogP contribution is -2.13. The van der Waals surface area contributed by atoms with Gasteiger partial charge in [-0.25, -0.2) is 17.2 Å². The highest BCUT2D eigenvalue weighted by molar-refractivity contribution is 7.92. The first kappa shape index (κ1) is 14.4. The highest BCUT2D eigenvalue weighted by atomic mass is 32.2. The van der Waals surface area contributed by atoms with Crippen LogP contribution in [0.1, 0.15) is 5.56 Å². The molecule has 0 radical (unpaired) electrons. The quantitative estimate of drug-likeness (QED) is 0.909. The number of sulfonamides is 1. The molecule has 0 heterocycles. The lowest BCUT2D eigenvalue weighted by atomic mass is 10.2. The van der Waals surface area contributed by atoms with Crippen molar-refractivity contribution in [1.29, 1.82) is 0 Å². The number of rotatable bonds is 4. The Morgan fingerprint density at radius 3 is 2.45 bits per heavy atom. The maximum Gasteiger partial charge on any atom is 0.261 e. The van der Waals surface area contributed by atoms with E-state index in [-0.39, 0.29) is 11.4 Å². The second-order valence-electron chi connectivity index (χ2n) is 4.09. The predicted molar refractivity (Wildman–Crippen MR) is 71.5 cm³/mol. The van der Waals surface area contributed by atoms with E-state index in [4.69, 9.17) is 5.73 Å². The fourth-order valence-electron chi connectivity index (χ4n) is 1.62. The van der Waals surface area contributed by atoms with E-state index in [1.54, 1.807) is 18.2 Å². The summed E-state index contributed by atoms with van der Waals surface area (Å²) in [5, 5.41) is 0. The Morgan fingerprint density at radius 1 is 1.05 bits per heavy atom. The minimum absolute atomic E-state index is 0.265. The molecule has 3 N–H and O–H groups in total. The van der Waals surface area contributed by atoms with Crippen molar-refractivity contribution in [1.82, 2.24) is 0 Å². The lowest BCUT2D eigenvalue weighted by molar-refractivity contribution is 0.504. The van der Waals surface area contributed by atoms with Gasteiger partial charge in [-0.2, -0.15) is 0 Å². The first-order valence-corrected chi connectivity index (χ1v) is 7.17. The van der Waals surface area contributed by atoms with E-state index < -0.39 is 21.7 Å². The largest absolute Gasteiger partial charge is 0.326 e. The Morgan fingerprint density at radius 2 is 1.80 bits per heavy atom. The predicted octanol–water partition coefficient (Wildman–Crippen LogP) is 2.22. The standard InChI is InChI=1S/C13H12F2N2O2S/c14-12-5-4-11(7-13(12)15)20(18,19)17-10-3-1-2-9(6-10)8-16/h1-7,17H,8,16H2. The average molecular weight is 298 g/mol. The van der Waals surface area contributed by atoms with Crippen LogP contribution in [0.15, 0.2) is 47.4 Å². The SMILES string of the molecule is NCc1cccc(NS(=O)(=O)c2ccc(F)c(F)c2)c1. The summed E-state index contributed by atoms with van der Waals surface area (Å²) in [6, 6.07) is 8.88. The molecule has 0 aliphatic rings. The van der Waals surface area contributed by atoms with Crippen molar-refractivity contribution in [2.75, 3.05) is 4.72 Å². The van der Waals surface area contributed by atoms with Crippen LogP contribution in [-0.4, -0.2) is 8.42 Å². The molecule has 0 aliphatic heterocycles. The minimum atomic E-state index is -3.98. The molecule has 7 heteroatoms. The number of nitrogens with one attached hydrogen (secondary N) is 1. The van der Waals surface area contributed by atoms with Crippen molar-refractivity contribution in [3.05, 3.63) is 59.7 Å². The Kier molecular flexibility index (Phi) is 4.01. The molecule has 0 amide bonds. The van der Waals surface area contributed by atoms with Gasteiger partial charge in [0.05, 0.1) is 4.90 Å². The maximum atomic E-state index is 13.1. The van der Waals surface area contributed by atoms with Crippen molar-refractivity contribution in [2.24, 2.45) is 5.73 Å². The summed E-state index contributed by atoms with van der Waals surface area (Å²) >= 11 is 0. The summed E-state index contributed by atoms with van der Waals surface area (Å²) in [5.74, 6) is -2.32. The summed E-state index contributed by atoms with van der Waals surface area (Å²) in [5.41, 5.74) is 6.51. The van der Waals surface area contributed by atoms with Crippen LogP contribution in [0.5, 0.6) is 0 Å². The molecule has 2 aromatic rings. The molecule has 0 aliphatic carbocycles. The molecule has 0 fully saturated rings. The molecule has 4 nitrogen and oxygen atoms in total. The van der Waals surface area contributed by atoms with Gasteiger partial charge in [0.15, 0.2) is 11.6 Å². The molecule has 0 spiro atoms. The van der Waals surface area contributed by atoms with Crippen LogP contribution in [0.4, 0.5) is 14.5 Å². The highest BCUT2D eigenvalue weighted by Crippen LogP contribution is 2.19. The molecule has 0 bridgehead atoms. The topological polar surface area (TPSA) is 72.2 Å². The van der Waals surface area contributed by atoms with Gasteiger partial charge < -0.3 is 5.73 Å². The van der Waals surface area contributed by atoms with Gasteiger partial charge in [0.25, 0.3) is 10.0 Å².